The highest BCUT2D eigenvalue weighted by Crippen LogP contribution is 2.30. The Morgan fingerprint density at radius 3 is 2.30 bits per heavy atom. The number of carbonyl (C=O) groups is 1. The number of rotatable bonds is 9. The van der Waals surface area contributed by atoms with Crippen LogP contribution in [0, 0.1) is 0 Å². The number of amides is 1. The Morgan fingerprint density at radius 2 is 1.67 bits per heavy atom. The third-order valence-electron chi connectivity index (χ3n) is 4.20. The van der Waals surface area contributed by atoms with Gasteiger partial charge < -0.3 is 20.1 Å². The maximum Gasteiger partial charge on any atom is 0.282 e. The first kappa shape index (κ1) is 21.1. The third-order valence-corrected chi connectivity index (χ3v) is 4.45. The lowest BCUT2D eigenvalue weighted by Gasteiger charge is -2.18. The van der Waals surface area contributed by atoms with E-state index in [0.29, 0.717) is 18.2 Å². The fourth-order valence-corrected chi connectivity index (χ4v) is 2.90. The second-order valence-electron chi connectivity index (χ2n) is 6.34. The minimum atomic E-state index is -0.252. The Bertz CT molecular complexity index is 750. The van der Waals surface area contributed by atoms with E-state index >= 15 is 0 Å². The zero-order chi connectivity index (χ0) is 19.8. The first-order valence-electron chi connectivity index (χ1n) is 9.25. The Hall–Kier alpha value is -2.24. The third kappa shape index (κ3) is 6.15. The van der Waals surface area contributed by atoms with Crippen LogP contribution in [-0.2, 0) is 4.79 Å². The van der Waals surface area contributed by atoms with Crippen molar-refractivity contribution >= 4 is 23.2 Å². The Balaban J connectivity index is 2.02. The summed E-state index contributed by atoms with van der Waals surface area (Å²) in [4.78, 5) is 12.5. The number of quaternary nitrogens is 1. The van der Waals surface area contributed by atoms with Crippen molar-refractivity contribution in [3.8, 4) is 11.5 Å². The van der Waals surface area contributed by atoms with Gasteiger partial charge in [-0.1, -0.05) is 11.6 Å². The number of halogens is 1. The number of carbonyl (C=O) groups excluding carboxylic acids is 1. The number of ether oxygens (including phenoxy) is 2. The molecule has 0 aromatic heterocycles. The van der Waals surface area contributed by atoms with E-state index in [1.54, 1.807) is 24.3 Å². The van der Waals surface area contributed by atoms with E-state index in [2.05, 4.69) is 12.2 Å². The molecular weight excluding hydrogens is 364 g/mol. The molecule has 2 atom stereocenters. The lowest BCUT2D eigenvalue weighted by Crippen LogP contribution is -2.91. The standard InChI is InChI=1S/C21H27ClN2O3/c1-5-26-19-12-7-16(13-20(19)27-6-2)14(3)23-15(4)21(25)24-18-10-8-17(22)9-11-18/h7-15,23H,5-6H2,1-4H3,(H,24,25)/p+1/t14-,15-/m1/s1. The van der Waals surface area contributed by atoms with Crippen LogP contribution in [0.4, 0.5) is 5.69 Å². The summed E-state index contributed by atoms with van der Waals surface area (Å²) in [5, 5.41) is 5.57. The molecule has 6 heteroatoms. The van der Waals surface area contributed by atoms with E-state index in [0.717, 1.165) is 22.7 Å². The molecule has 3 N–H and O–H groups in total. The predicted octanol–water partition coefficient (Wildman–Crippen LogP) is 3.79. The fraction of sp³-hybridized carbons (Fsp3) is 0.381. The molecule has 5 nitrogen and oxygen atoms in total. The lowest BCUT2D eigenvalue weighted by molar-refractivity contribution is -0.709. The van der Waals surface area contributed by atoms with Gasteiger partial charge in [-0.3, -0.25) is 4.79 Å². The predicted molar refractivity (Wildman–Crippen MR) is 109 cm³/mol. The molecule has 0 unspecified atom stereocenters. The minimum Gasteiger partial charge on any atom is -0.490 e. The van der Waals surface area contributed by atoms with Crippen LogP contribution < -0.4 is 20.1 Å². The van der Waals surface area contributed by atoms with Gasteiger partial charge in [-0.15, -0.1) is 0 Å². The van der Waals surface area contributed by atoms with E-state index in [9.17, 15) is 4.79 Å². The molecule has 0 aliphatic carbocycles. The van der Waals surface area contributed by atoms with Crippen LogP contribution in [0.15, 0.2) is 42.5 Å². The van der Waals surface area contributed by atoms with Crippen LogP contribution >= 0.6 is 11.6 Å². The molecule has 2 aromatic carbocycles. The molecule has 27 heavy (non-hydrogen) atoms. The number of benzene rings is 2. The molecule has 0 bridgehead atoms. The van der Waals surface area contributed by atoms with Crippen molar-refractivity contribution in [2.75, 3.05) is 18.5 Å². The monoisotopic (exact) mass is 391 g/mol. The highest BCUT2D eigenvalue weighted by molar-refractivity contribution is 6.30. The second kappa shape index (κ2) is 10.2. The van der Waals surface area contributed by atoms with Crippen molar-refractivity contribution in [3.63, 3.8) is 0 Å². The van der Waals surface area contributed by atoms with E-state index in [1.165, 1.54) is 0 Å². The van der Waals surface area contributed by atoms with Gasteiger partial charge in [0.1, 0.15) is 6.04 Å². The SMILES string of the molecule is CCOc1ccc([C@@H](C)[NH2+][C@H](C)C(=O)Nc2ccc(Cl)cc2)cc1OCC. The first-order chi connectivity index (χ1) is 12.9. The molecule has 2 aromatic rings. The quantitative estimate of drug-likeness (QED) is 0.683. The molecule has 1 amide bonds. The maximum absolute atomic E-state index is 12.5. The summed E-state index contributed by atoms with van der Waals surface area (Å²) in [6.45, 7) is 9.00. The van der Waals surface area contributed by atoms with Gasteiger partial charge in [-0.2, -0.15) is 0 Å². The normalized spacial score (nSPS) is 12.9. The molecule has 2 rings (SSSR count). The van der Waals surface area contributed by atoms with Crippen molar-refractivity contribution in [2.45, 2.75) is 39.8 Å². The minimum absolute atomic E-state index is 0.0554. The van der Waals surface area contributed by atoms with Crippen LogP contribution in [-0.4, -0.2) is 25.2 Å². The van der Waals surface area contributed by atoms with Crippen LogP contribution in [0.5, 0.6) is 11.5 Å². The number of hydrogen-bond donors (Lipinski definition) is 2. The largest absolute Gasteiger partial charge is 0.490 e. The Labute approximate surface area is 166 Å². The lowest BCUT2D eigenvalue weighted by atomic mass is 10.1. The smallest absolute Gasteiger partial charge is 0.282 e. The van der Waals surface area contributed by atoms with Crippen molar-refractivity contribution in [3.05, 3.63) is 53.1 Å². The van der Waals surface area contributed by atoms with Crippen molar-refractivity contribution in [2.24, 2.45) is 0 Å². The van der Waals surface area contributed by atoms with E-state index in [4.69, 9.17) is 21.1 Å². The first-order valence-corrected chi connectivity index (χ1v) is 9.63. The van der Waals surface area contributed by atoms with Gasteiger partial charge >= 0.3 is 0 Å². The zero-order valence-corrected chi connectivity index (χ0v) is 17.0. The van der Waals surface area contributed by atoms with Crippen LogP contribution in [0.3, 0.4) is 0 Å². The molecule has 0 heterocycles. The number of nitrogens with two attached hydrogens (primary N) is 1. The highest BCUT2D eigenvalue weighted by atomic mass is 35.5. The average Bonchev–Trinajstić information content (AvgIpc) is 2.65. The van der Waals surface area contributed by atoms with Gasteiger partial charge in [0.25, 0.3) is 5.91 Å². The average molecular weight is 392 g/mol. The number of nitrogens with one attached hydrogen (secondary N) is 1. The molecule has 0 aliphatic heterocycles. The topological polar surface area (TPSA) is 64.2 Å². The van der Waals surface area contributed by atoms with Gasteiger partial charge in [-0.25, -0.2) is 0 Å². The number of anilines is 1. The molecule has 146 valence electrons. The van der Waals surface area contributed by atoms with Crippen LogP contribution in [0.1, 0.15) is 39.3 Å². The molecule has 0 saturated heterocycles. The summed E-state index contributed by atoms with van der Waals surface area (Å²) in [6, 6.07) is 12.8. The maximum atomic E-state index is 12.5. The van der Waals surface area contributed by atoms with Crippen molar-refractivity contribution in [1.82, 2.24) is 0 Å². The van der Waals surface area contributed by atoms with Gasteiger partial charge in [0.2, 0.25) is 0 Å². The van der Waals surface area contributed by atoms with Crippen LogP contribution in [0.2, 0.25) is 5.02 Å². The summed E-state index contributed by atoms with van der Waals surface area (Å²) < 4.78 is 11.3. The number of hydrogen-bond acceptors (Lipinski definition) is 3. The van der Waals surface area contributed by atoms with Crippen molar-refractivity contribution < 1.29 is 19.6 Å². The van der Waals surface area contributed by atoms with Crippen LogP contribution in [0.25, 0.3) is 0 Å². The molecule has 0 fully saturated rings. The van der Waals surface area contributed by atoms with E-state index in [-0.39, 0.29) is 18.0 Å². The fourth-order valence-electron chi connectivity index (χ4n) is 2.77. The van der Waals surface area contributed by atoms with E-state index < -0.39 is 0 Å². The molecule has 0 spiro atoms. The molecule has 0 radical (unpaired) electrons. The van der Waals surface area contributed by atoms with Gasteiger partial charge in [0, 0.05) is 16.3 Å². The second-order valence-corrected chi connectivity index (χ2v) is 6.77. The molecule has 0 saturated carbocycles. The summed E-state index contributed by atoms with van der Waals surface area (Å²) in [5.74, 6) is 1.42. The Morgan fingerprint density at radius 1 is 1.04 bits per heavy atom. The van der Waals surface area contributed by atoms with Gasteiger partial charge in [-0.05, 0) is 70.2 Å². The van der Waals surface area contributed by atoms with Gasteiger partial charge in [0.15, 0.2) is 17.5 Å². The summed E-state index contributed by atoms with van der Waals surface area (Å²) in [6.07, 6.45) is 0. The van der Waals surface area contributed by atoms with Crippen molar-refractivity contribution in [1.29, 1.82) is 0 Å². The zero-order valence-electron chi connectivity index (χ0n) is 16.3. The Kier molecular flexibility index (Phi) is 7.95. The summed E-state index contributed by atoms with van der Waals surface area (Å²) in [7, 11) is 0. The highest BCUT2D eigenvalue weighted by Gasteiger charge is 2.21. The summed E-state index contributed by atoms with van der Waals surface area (Å²) >= 11 is 5.88. The van der Waals surface area contributed by atoms with E-state index in [1.807, 2.05) is 44.3 Å². The summed E-state index contributed by atoms with van der Waals surface area (Å²) in [5.41, 5.74) is 1.81. The molecular formula is C21H28ClN2O3+. The molecule has 0 aliphatic rings. The van der Waals surface area contributed by atoms with Gasteiger partial charge in [0.05, 0.1) is 13.2 Å².